The van der Waals surface area contributed by atoms with E-state index in [1.54, 1.807) is 17.8 Å². The summed E-state index contributed by atoms with van der Waals surface area (Å²) in [6.07, 6.45) is 0. The third-order valence-electron chi connectivity index (χ3n) is 3.58. The van der Waals surface area contributed by atoms with Crippen molar-refractivity contribution in [2.45, 2.75) is 10.8 Å². The summed E-state index contributed by atoms with van der Waals surface area (Å²) in [6.45, 7) is 0. The molecule has 0 N–H and O–H groups in total. The molecule has 0 bridgehead atoms. The first-order chi connectivity index (χ1) is 11.3. The average Bonchev–Trinajstić information content (AvgIpc) is 2.61. The number of rotatable bonds is 3. The Hall–Kier alpha value is -2.66. The highest BCUT2D eigenvalue weighted by Crippen LogP contribution is 2.20. The van der Waals surface area contributed by atoms with E-state index in [0.717, 1.165) is 10.8 Å². The summed E-state index contributed by atoms with van der Waals surface area (Å²) in [6, 6.07) is 21.3. The van der Waals surface area contributed by atoms with Gasteiger partial charge in [0.15, 0.2) is 5.65 Å². The first-order valence-corrected chi connectivity index (χ1v) is 8.25. The molecule has 5 heteroatoms. The van der Waals surface area contributed by atoms with Crippen LogP contribution in [-0.2, 0) is 5.75 Å². The topological polar surface area (TPSA) is 47.3 Å². The van der Waals surface area contributed by atoms with Gasteiger partial charge >= 0.3 is 0 Å². The van der Waals surface area contributed by atoms with E-state index < -0.39 is 0 Å². The minimum absolute atomic E-state index is 0.132. The molecule has 0 aliphatic carbocycles. The molecule has 0 saturated carbocycles. The third kappa shape index (κ3) is 2.71. The predicted molar refractivity (Wildman–Crippen MR) is 92.8 cm³/mol. The molecule has 0 aliphatic heterocycles. The molecule has 4 nitrogen and oxygen atoms in total. The summed E-state index contributed by atoms with van der Waals surface area (Å²) in [5, 5.41) is 5.84. The van der Waals surface area contributed by atoms with Gasteiger partial charge in [0.25, 0.3) is 5.56 Å². The molecular formula is C18H13N3OS. The lowest BCUT2D eigenvalue weighted by Crippen LogP contribution is -2.18. The number of benzene rings is 2. The number of hydrogen-bond acceptors (Lipinski definition) is 4. The monoisotopic (exact) mass is 319 g/mol. The molecule has 0 amide bonds. The van der Waals surface area contributed by atoms with Crippen LogP contribution < -0.4 is 5.56 Å². The SMILES string of the molecule is O=c1c2ccccc2nc2ccc(SCc3ccccc3)nn12. The van der Waals surface area contributed by atoms with Crippen molar-refractivity contribution in [2.24, 2.45) is 0 Å². The highest BCUT2D eigenvalue weighted by molar-refractivity contribution is 7.98. The van der Waals surface area contributed by atoms with E-state index in [0.29, 0.717) is 16.6 Å². The van der Waals surface area contributed by atoms with Crippen LogP contribution in [0.3, 0.4) is 0 Å². The molecular weight excluding hydrogens is 306 g/mol. The maximum Gasteiger partial charge on any atom is 0.282 e. The Balaban J connectivity index is 1.74. The van der Waals surface area contributed by atoms with Gasteiger partial charge in [0.05, 0.1) is 10.9 Å². The van der Waals surface area contributed by atoms with Gasteiger partial charge in [-0.05, 0) is 29.8 Å². The molecule has 0 radical (unpaired) electrons. The van der Waals surface area contributed by atoms with Crippen LogP contribution in [-0.4, -0.2) is 14.6 Å². The standard InChI is InChI=1S/C18H13N3OS/c22-18-14-8-4-5-9-15(14)19-16-10-11-17(20-21(16)18)23-12-13-6-2-1-3-7-13/h1-11H,12H2. The zero-order valence-electron chi connectivity index (χ0n) is 12.2. The zero-order chi connectivity index (χ0) is 15.6. The summed E-state index contributed by atoms with van der Waals surface area (Å²) in [7, 11) is 0. The Bertz CT molecular complexity index is 1040. The maximum absolute atomic E-state index is 12.6. The molecule has 0 unspecified atom stereocenters. The zero-order valence-corrected chi connectivity index (χ0v) is 13.0. The summed E-state index contributed by atoms with van der Waals surface area (Å²) in [4.78, 5) is 17.1. The highest BCUT2D eigenvalue weighted by atomic mass is 32.2. The lowest BCUT2D eigenvalue weighted by Gasteiger charge is -2.05. The van der Waals surface area contributed by atoms with Gasteiger partial charge in [-0.1, -0.05) is 54.2 Å². The minimum atomic E-state index is -0.132. The number of hydrogen-bond donors (Lipinski definition) is 0. The van der Waals surface area contributed by atoms with Crippen LogP contribution in [0.4, 0.5) is 0 Å². The molecule has 0 spiro atoms. The Morgan fingerprint density at radius 1 is 0.913 bits per heavy atom. The van der Waals surface area contributed by atoms with Crippen molar-refractivity contribution < 1.29 is 0 Å². The van der Waals surface area contributed by atoms with Crippen molar-refractivity contribution in [1.29, 1.82) is 0 Å². The van der Waals surface area contributed by atoms with Gasteiger partial charge in [-0.3, -0.25) is 4.79 Å². The quantitative estimate of drug-likeness (QED) is 0.428. The second-order valence-corrected chi connectivity index (χ2v) is 6.15. The van der Waals surface area contributed by atoms with Crippen molar-refractivity contribution in [2.75, 3.05) is 0 Å². The van der Waals surface area contributed by atoms with Crippen LogP contribution in [0.25, 0.3) is 16.6 Å². The van der Waals surface area contributed by atoms with E-state index in [1.807, 2.05) is 48.5 Å². The van der Waals surface area contributed by atoms with Gasteiger partial charge in [-0.25, -0.2) is 4.98 Å². The van der Waals surface area contributed by atoms with E-state index in [-0.39, 0.29) is 5.56 Å². The van der Waals surface area contributed by atoms with Crippen LogP contribution >= 0.6 is 11.8 Å². The van der Waals surface area contributed by atoms with Crippen LogP contribution in [0.2, 0.25) is 0 Å². The largest absolute Gasteiger partial charge is 0.282 e. The van der Waals surface area contributed by atoms with E-state index in [9.17, 15) is 4.79 Å². The van der Waals surface area contributed by atoms with Crippen molar-refractivity contribution in [3.63, 3.8) is 0 Å². The molecule has 112 valence electrons. The first-order valence-electron chi connectivity index (χ1n) is 7.27. The van der Waals surface area contributed by atoms with E-state index >= 15 is 0 Å². The molecule has 4 rings (SSSR count). The van der Waals surface area contributed by atoms with Crippen LogP contribution in [0, 0.1) is 0 Å². The highest BCUT2D eigenvalue weighted by Gasteiger charge is 2.07. The fourth-order valence-electron chi connectivity index (χ4n) is 2.43. The normalized spacial score (nSPS) is 11.1. The number of para-hydroxylation sites is 1. The Labute approximate surface area is 136 Å². The predicted octanol–water partition coefficient (Wildman–Crippen LogP) is 3.54. The molecule has 2 aromatic heterocycles. The van der Waals surface area contributed by atoms with E-state index in [4.69, 9.17) is 0 Å². The van der Waals surface area contributed by atoms with Crippen molar-refractivity contribution in [3.8, 4) is 0 Å². The summed E-state index contributed by atoms with van der Waals surface area (Å²) < 4.78 is 1.38. The van der Waals surface area contributed by atoms with Crippen molar-refractivity contribution in [3.05, 3.63) is 82.6 Å². The summed E-state index contributed by atoms with van der Waals surface area (Å²) in [5.41, 5.74) is 2.36. The molecule has 0 atom stereocenters. The Morgan fingerprint density at radius 2 is 1.70 bits per heavy atom. The lowest BCUT2D eigenvalue weighted by molar-refractivity contribution is 0.818. The Kier molecular flexibility index (Phi) is 3.55. The third-order valence-corrected chi connectivity index (χ3v) is 4.57. The number of nitrogens with zero attached hydrogens (tertiary/aromatic N) is 3. The van der Waals surface area contributed by atoms with Crippen molar-refractivity contribution in [1.82, 2.24) is 14.6 Å². The molecule has 23 heavy (non-hydrogen) atoms. The van der Waals surface area contributed by atoms with Gasteiger partial charge < -0.3 is 0 Å². The number of fused-ring (bicyclic) bond motifs is 2. The lowest BCUT2D eigenvalue weighted by atomic mass is 10.2. The van der Waals surface area contributed by atoms with E-state index in [2.05, 4.69) is 22.2 Å². The molecule has 2 heterocycles. The van der Waals surface area contributed by atoms with Gasteiger partial charge in [0.2, 0.25) is 0 Å². The second kappa shape index (κ2) is 5.85. The smallest absolute Gasteiger partial charge is 0.267 e. The summed E-state index contributed by atoms with van der Waals surface area (Å²) >= 11 is 1.60. The fourth-order valence-corrected chi connectivity index (χ4v) is 3.24. The maximum atomic E-state index is 12.6. The molecule has 2 aromatic carbocycles. The fraction of sp³-hybridized carbons (Fsp3) is 0.0556. The molecule has 0 saturated heterocycles. The van der Waals surface area contributed by atoms with Gasteiger partial charge in [-0.15, -0.1) is 0 Å². The first kappa shape index (κ1) is 14.0. The summed E-state index contributed by atoms with van der Waals surface area (Å²) in [5.74, 6) is 0.815. The number of thioether (sulfide) groups is 1. The Morgan fingerprint density at radius 3 is 2.57 bits per heavy atom. The molecule has 0 aliphatic rings. The van der Waals surface area contributed by atoms with Crippen LogP contribution in [0.15, 0.2) is 76.6 Å². The molecule has 4 aromatic rings. The van der Waals surface area contributed by atoms with Crippen LogP contribution in [0.1, 0.15) is 5.56 Å². The van der Waals surface area contributed by atoms with E-state index in [1.165, 1.54) is 10.1 Å². The van der Waals surface area contributed by atoms with Crippen molar-refractivity contribution >= 4 is 28.3 Å². The number of aromatic nitrogens is 3. The average molecular weight is 319 g/mol. The van der Waals surface area contributed by atoms with Gasteiger partial charge in [-0.2, -0.15) is 9.61 Å². The second-order valence-electron chi connectivity index (χ2n) is 5.15. The molecule has 0 fully saturated rings. The van der Waals surface area contributed by atoms with Crippen LogP contribution in [0.5, 0.6) is 0 Å². The minimum Gasteiger partial charge on any atom is -0.267 e. The van der Waals surface area contributed by atoms with Gasteiger partial charge in [0, 0.05) is 5.75 Å². The van der Waals surface area contributed by atoms with Gasteiger partial charge in [0.1, 0.15) is 5.03 Å².